The Kier molecular flexibility index (Phi) is 15.3. The lowest BCUT2D eigenvalue weighted by Crippen LogP contribution is -2.51. The van der Waals surface area contributed by atoms with E-state index in [1.165, 1.54) is 12.1 Å². The van der Waals surface area contributed by atoms with Crippen LogP contribution in [0.5, 0.6) is 0 Å². The van der Waals surface area contributed by atoms with Gasteiger partial charge in [-0.05, 0) is 72.8 Å². The first kappa shape index (κ1) is 47.6. The van der Waals surface area contributed by atoms with Crippen LogP contribution >= 0.6 is 11.8 Å². The number of rotatable bonds is 10. The SMILES string of the molecule is CO.O=C(Nc1ccc2[nH]nc(-c3ccncc3)c2c1)C1CN(Cc2ccccc2F)CCS1.O=C(Nc1ccc2[nH]nc(-c3ccncc3)c2c1)C1CN(Cc2ccccc2F)CCS1(=O)=O. The summed E-state index contributed by atoms with van der Waals surface area (Å²) >= 11 is 1.64. The number of aliphatic hydroxyl groups excluding tert-OH is 1. The molecule has 0 saturated carbocycles. The number of aromatic nitrogens is 6. The topological polar surface area (TPSA) is 202 Å². The van der Waals surface area contributed by atoms with Gasteiger partial charge in [-0.25, -0.2) is 17.2 Å². The number of aromatic amines is 2. The molecule has 5 N–H and O–H groups in total. The van der Waals surface area contributed by atoms with E-state index >= 15 is 0 Å². The molecule has 2 aliphatic heterocycles. The molecule has 2 atom stereocenters. The first-order valence-electron chi connectivity index (χ1n) is 21.7. The highest BCUT2D eigenvalue weighted by molar-refractivity contribution is 8.00. The lowest BCUT2D eigenvalue weighted by molar-refractivity contribution is -0.117. The number of nitrogens with zero attached hydrogens (tertiary/aromatic N) is 6. The summed E-state index contributed by atoms with van der Waals surface area (Å²) in [5.74, 6) is -0.528. The molecule has 68 heavy (non-hydrogen) atoms. The molecule has 15 nitrogen and oxygen atoms in total. The van der Waals surface area contributed by atoms with Crippen molar-refractivity contribution in [3.63, 3.8) is 0 Å². The van der Waals surface area contributed by atoms with E-state index in [1.54, 1.807) is 90.0 Å². The van der Waals surface area contributed by atoms with E-state index in [-0.39, 0.29) is 48.2 Å². The number of thioether (sulfide) groups is 1. The Morgan fingerprint density at radius 3 is 1.68 bits per heavy atom. The molecule has 2 saturated heterocycles. The van der Waals surface area contributed by atoms with Crippen LogP contribution in [0.1, 0.15) is 11.1 Å². The van der Waals surface area contributed by atoms with Crippen LogP contribution in [0.3, 0.4) is 0 Å². The fourth-order valence-corrected chi connectivity index (χ4v) is 10.9. The van der Waals surface area contributed by atoms with E-state index in [9.17, 15) is 26.8 Å². The zero-order chi connectivity index (χ0) is 47.6. The van der Waals surface area contributed by atoms with E-state index in [0.717, 1.165) is 63.7 Å². The van der Waals surface area contributed by atoms with Gasteiger partial charge in [0.05, 0.1) is 22.0 Å². The second-order valence-corrected chi connectivity index (χ2v) is 19.6. The Labute approximate surface area is 395 Å². The third-order valence-corrected chi connectivity index (χ3v) is 14.7. The molecular formula is C49H48F2N10O5S2. The lowest BCUT2D eigenvalue weighted by atomic mass is 10.1. The number of anilines is 2. The van der Waals surface area contributed by atoms with Crippen molar-refractivity contribution in [2.24, 2.45) is 0 Å². The van der Waals surface area contributed by atoms with Crippen molar-refractivity contribution >= 4 is 66.6 Å². The molecule has 2 fully saturated rings. The maximum Gasteiger partial charge on any atom is 0.244 e. The van der Waals surface area contributed by atoms with Crippen molar-refractivity contribution in [1.29, 1.82) is 0 Å². The number of carbonyl (C=O) groups is 2. The number of benzene rings is 4. The molecule has 2 amide bonds. The quantitative estimate of drug-likeness (QED) is 0.0948. The van der Waals surface area contributed by atoms with Gasteiger partial charge < -0.3 is 15.7 Å². The number of hydrogen-bond donors (Lipinski definition) is 5. The lowest BCUT2D eigenvalue weighted by Gasteiger charge is -2.32. The van der Waals surface area contributed by atoms with Crippen molar-refractivity contribution < 1.29 is 31.9 Å². The number of carbonyl (C=O) groups excluding carboxylic acids is 2. The van der Waals surface area contributed by atoms with Crippen molar-refractivity contribution in [2.45, 2.75) is 23.6 Å². The van der Waals surface area contributed by atoms with Crippen molar-refractivity contribution in [3.8, 4) is 22.5 Å². The summed E-state index contributed by atoms with van der Waals surface area (Å²) in [6, 6.07) is 31.6. The van der Waals surface area contributed by atoms with Crippen LogP contribution in [0.2, 0.25) is 0 Å². The number of hydrogen-bond acceptors (Lipinski definition) is 12. The first-order valence-corrected chi connectivity index (χ1v) is 24.4. The number of H-pyrrole nitrogens is 2. The summed E-state index contributed by atoms with van der Waals surface area (Å²) < 4.78 is 53.5. The average molecular weight is 959 g/mol. The normalized spacial score (nSPS) is 17.1. The third kappa shape index (κ3) is 11.3. The molecule has 0 radical (unpaired) electrons. The number of aliphatic hydroxyl groups is 1. The molecule has 0 spiro atoms. The van der Waals surface area contributed by atoms with Crippen molar-refractivity contribution in [1.82, 2.24) is 40.2 Å². The number of halogens is 2. The van der Waals surface area contributed by atoms with Gasteiger partial charge in [0, 0.05) is 121 Å². The van der Waals surface area contributed by atoms with Gasteiger partial charge in [0.2, 0.25) is 11.8 Å². The fraction of sp³-hybridized carbons (Fsp3) is 0.224. The highest BCUT2D eigenvalue weighted by Gasteiger charge is 2.38. The van der Waals surface area contributed by atoms with E-state index < -0.39 is 21.0 Å². The van der Waals surface area contributed by atoms with Gasteiger partial charge in [0.15, 0.2) is 15.1 Å². The maximum absolute atomic E-state index is 14.1. The fourth-order valence-electron chi connectivity index (χ4n) is 8.06. The van der Waals surface area contributed by atoms with Gasteiger partial charge in [-0.1, -0.05) is 36.4 Å². The smallest absolute Gasteiger partial charge is 0.244 e. The second-order valence-electron chi connectivity index (χ2n) is 16.0. The van der Waals surface area contributed by atoms with E-state index in [4.69, 9.17) is 5.11 Å². The summed E-state index contributed by atoms with van der Waals surface area (Å²) in [6.45, 7) is 2.41. The molecule has 6 heterocycles. The molecule has 350 valence electrons. The summed E-state index contributed by atoms with van der Waals surface area (Å²) in [7, 11) is -2.63. The summed E-state index contributed by atoms with van der Waals surface area (Å²) in [6.07, 6.45) is 6.80. The van der Waals surface area contributed by atoms with Gasteiger partial charge >= 0.3 is 0 Å². The predicted molar refractivity (Wildman–Crippen MR) is 261 cm³/mol. The first-order chi connectivity index (χ1) is 33.1. The van der Waals surface area contributed by atoms with Crippen LogP contribution in [-0.4, -0.2) is 121 Å². The molecule has 2 unspecified atom stereocenters. The molecule has 4 aromatic heterocycles. The van der Waals surface area contributed by atoms with E-state index in [2.05, 4.69) is 45.9 Å². The number of nitrogens with one attached hydrogen (secondary N) is 4. The molecule has 0 aliphatic carbocycles. The van der Waals surface area contributed by atoms with E-state index in [0.29, 0.717) is 35.6 Å². The average Bonchev–Trinajstić information content (AvgIpc) is 3.99. The Morgan fingerprint density at radius 1 is 0.676 bits per heavy atom. The molecule has 19 heteroatoms. The van der Waals surface area contributed by atoms with Gasteiger partial charge in [0.25, 0.3) is 0 Å². The number of amides is 2. The minimum atomic E-state index is -3.63. The highest BCUT2D eigenvalue weighted by atomic mass is 32.2. The van der Waals surface area contributed by atoms with Crippen LogP contribution in [-0.2, 0) is 32.5 Å². The zero-order valence-electron chi connectivity index (χ0n) is 36.8. The number of pyridine rings is 2. The monoisotopic (exact) mass is 958 g/mol. The van der Waals surface area contributed by atoms with E-state index in [1.807, 2.05) is 48.5 Å². The minimum absolute atomic E-state index is 0.00127. The third-order valence-electron chi connectivity index (χ3n) is 11.6. The van der Waals surface area contributed by atoms with Crippen molar-refractivity contribution in [2.75, 3.05) is 55.4 Å². The van der Waals surface area contributed by atoms with Crippen LogP contribution in [0, 0.1) is 11.6 Å². The van der Waals surface area contributed by atoms with Crippen LogP contribution in [0.25, 0.3) is 44.3 Å². The van der Waals surface area contributed by atoms with Crippen LogP contribution in [0.4, 0.5) is 20.2 Å². The minimum Gasteiger partial charge on any atom is -0.400 e. The predicted octanol–water partition coefficient (Wildman–Crippen LogP) is 6.93. The molecular weight excluding hydrogens is 911 g/mol. The zero-order valence-corrected chi connectivity index (χ0v) is 38.5. The summed E-state index contributed by atoms with van der Waals surface area (Å²) in [5, 5.41) is 27.9. The molecule has 2 aliphatic rings. The Balaban J connectivity index is 0.000000178. The second kappa shape index (κ2) is 21.8. The largest absolute Gasteiger partial charge is 0.400 e. The van der Waals surface area contributed by atoms with Gasteiger partial charge in [0.1, 0.15) is 23.0 Å². The molecule has 8 aromatic rings. The Bertz CT molecular complexity index is 3120. The Morgan fingerprint density at radius 2 is 1.16 bits per heavy atom. The van der Waals surface area contributed by atoms with Crippen LogP contribution < -0.4 is 10.6 Å². The van der Waals surface area contributed by atoms with Crippen LogP contribution in [0.15, 0.2) is 134 Å². The van der Waals surface area contributed by atoms with Gasteiger partial charge in [-0.3, -0.25) is 39.6 Å². The molecule has 10 rings (SSSR count). The maximum atomic E-state index is 14.1. The molecule has 4 aromatic carbocycles. The Hall–Kier alpha value is -6.90. The number of fused-ring (bicyclic) bond motifs is 2. The number of sulfone groups is 1. The molecule has 0 bridgehead atoms. The highest BCUT2D eigenvalue weighted by Crippen LogP contribution is 2.31. The standard InChI is InChI=1S/C24H22FN5O3S.C24H22FN5OS.CH4O/c25-20-4-2-1-3-17(20)14-30-11-12-34(32,33)22(15-30)24(31)27-18-5-6-21-19(13-18)23(29-28-21)16-7-9-26-10-8-16;25-20-4-2-1-3-17(20)14-30-11-12-32-22(15-30)24(31)27-18-5-6-21-19(13-18)23(29-28-21)16-7-9-26-10-8-16;1-2/h1-10,13,22H,11-12,14-15H2,(H,27,31)(H,28,29);1-10,13,22H,11-12,14-15H2,(H,27,31)(H,28,29);2H,1H3. The van der Waals surface area contributed by atoms with Crippen molar-refractivity contribution in [3.05, 3.63) is 157 Å². The summed E-state index contributed by atoms with van der Waals surface area (Å²) in [5.41, 5.74) is 7.36. The van der Waals surface area contributed by atoms with Gasteiger partial charge in [-0.2, -0.15) is 10.2 Å². The summed E-state index contributed by atoms with van der Waals surface area (Å²) in [4.78, 5) is 38.1. The van der Waals surface area contributed by atoms with Gasteiger partial charge in [-0.15, -0.1) is 11.8 Å².